The molecule has 0 aliphatic heterocycles. The lowest BCUT2D eigenvalue weighted by atomic mass is 10.4. The van der Waals surface area contributed by atoms with Crippen molar-refractivity contribution in [1.29, 1.82) is 0 Å². The van der Waals surface area contributed by atoms with Gasteiger partial charge in [-0.3, -0.25) is 0 Å². The summed E-state index contributed by atoms with van der Waals surface area (Å²) >= 11 is 3.26. The average molecular weight is 265 g/mol. The molecule has 2 nitrogen and oxygen atoms in total. The van der Waals surface area contributed by atoms with Gasteiger partial charge in [0, 0.05) is 24.5 Å². The molecule has 1 rings (SSSR count). The van der Waals surface area contributed by atoms with E-state index in [1.165, 1.54) is 0 Å². The second kappa shape index (κ2) is 5.24. The van der Waals surface area contributed by atoms with Crippen LogP contribution in [0.4, 0.5) is 14.6 Å². The second-order valence-corrected chi connectivity index (χ2v) is 3.52. The van der Waals surface area contributed by atoms with Gasteiger partial charge in [-0.1, -0.05) is 15.9 Å². The highest BCUT2D eigenvalue weighted by Gasteiger charge is 2.11. The molecule has 0 fully saturated rings. The molecule has 5 heteroatoms. The van der Waals surface area contributed by atoms with Crippen molar-refractivity contribution in [2.75, 3.05) is 23.3 Å². The first-order valence-electron chi connectivity index (χ1n) is 4.31. The third kappa shape index (κ3) is 2.64. The molecule has 0 N–H and O–H groups in total. The molecule has 0 amide bonds. The smallest absolute Gasteiger partial charge is 0.168 e. The fraction of sp³-hybridized carbons (Fsp3) is 0.444. The first-order chi connectivity index (χ1) is 6.69. The van der Waals surface area contributed by atoms with E-state index in [9.17, 15) is 8.78 Å². The fourth-order valence-electron chi connectivity index (χ4n) is 1.16. The molecule has 0 saturated heterocycles. The summed E-state index contributed by atoms with van der Waals surface area (Å²) in [5, 5.41) is 0.722. The third-order valence-electron chi connectivity index (χ3n) is 1.82. The summed E-state index contributed by atoms with van der Waals surface area (Å²) in [5.74, 6) is -1.07. The average Bonchev–Trinajstić information content (AvgIpc) is 2.15. The molecule has 0 bridgehead atoms. The Balaban J connectivity index is 2.92. The van der Waals surface area contributed by atoms with Crippen LogP contribution < -0.4 is 4.90 Å². The highest BCUT2D eigenvalue weighted by Crippen LogP contribution is 2.16. The van der Waals surface area contributed by atoms with Crippen molar-refractivity contribution in [2.24, 2.45) is 0 Å². The summed E-state index contributed by atoms with van der Waals surface area (Å²) in [6.07, 6.45) is 1.02. The number of hydrogen-bond donors (Lipinski definition) is 0. The van der Waals surface area contributed by atoms with Crippen LogP contribution in [0.2, 0.25) is 0 Å². The number of pyridine rings is 1. The molecular weight excluding hydrogens is 254 g/mol. The van der Waals surface area contributed by atoms with Gasteiger partial charge in [0.25, 0.3) is 0 Å². The van der Waals surface area contributed by atoms with Crippen molar-refractivity contribution < 1.29 is 8.78 Å². The maximum absolute atomic E-state index is 13.3. The number of aromatic nitrogens is 1. The Kier molecular flexibility index (Phi) is 4.25. The quantitative estimate of drug-likeness (QED) is 0.778. The van der Waals surface area contributed by atoms with Crippen LogP contribution in [0.25, 0.3) is 0 Å². The van der Waals surface area contributed by atoms with E-state index in [1.54, 1.807) is 4.90 Å². The van der Waals surface area contributed by atoms with Crippen molar-refractivity contribution in [3.63, 3.8) is 0 Å². The lowest BCUT2D eigenvalue weighted by molar-refractivity contribution is 0.568. The van der Waals surface area contributed by atoms with Gasteiger partial charge in [-0.05, 0) is 6.92 Å². The van der Waals surface area contributed by atoms with Gasteiger partial charge in [0.1, 0.15) is 5.82 Å². The molecule has 0 aliphatic rings. The van der Waals surface area contributed by atoms with Crippen molar-refractivity contribution in [3.05, 3.63) is 23.9 Å². The Morgan fingerprint density at radius 3 is 2.71 bits per heavy atom. The van der Waals surface area contributed by atoms with Crippen LogP contribution in [0, 0.1) is 11.6 Å². The molecule has 1 aromatic rings. The number of rotatable bonds is 4. The molecule has 0 spiro atoms. The standard InChI is InChI=1S/C9H11BrF2N2/c1-2-14(4-3-10)9-8(12)5-7(11)6-13-9/h5-6H,2-4H2,1H3. The van der Waals surface area contributed by atoms with Crippen LogP contribution >= 0.6 is 15.9 Å². The minimum absolute atomic E-state index is 0.202. The van der Waals surface area contributed by atoms with E-state index >= 15 is 0 Å². The predicted molar refractivity (Wildman–Crippen MR) is 55.8 cm³/mol. The molecule has 0 unspecified atom stereocenters. The zero-order chi connectivity index (χ0) is 10.6. The molecule has 0 radical (unpaired) electrons. The Labute approximate surface area is 90.1 Å². The Bertz CT molecular complexity index is 307. The molecule has 0 aromatic carbocycles. The van der Waals surface area contributed by atoms with E-state index in [-0.39, 0.29) is 5.82 Å². The van der Waals surface area contributed by atoms with Gasteiger partial charge < -0.3 is 4.90 Å². The Hall–Kier alpha value is -0.710. The van der Waals surface area contributed by atoms with Gasteiger partial charge in [0.15, 0.2) is 11.6 Å². The summed E-state index contributed by atoms with van der Waals surface area (Å²) in [5.41, 5.74) is 0. The maximum Gasteiger partial charge on any atom is 0.168 e. The summed E-state index contributed by atoms with van der Waals surface area (Å²) in [6.45, 7) is 3.18. The van der Waals surface area contributed by atoms with Crippen molar-refractivity contribution in [3.8, 4) is 0 Å². The number of halogens is 3. The monoisotopic (exact) mass is 264 g/mol. The molecule has 14 heavy (non-hydrogen) atoms. The Morgan fingerprint density at radius 1 is 1.50 bits per heavy atom. The highest BCUT2D eigenvalue weighted by molar-refractivity contribution is 9.09. The predicted octanol–water partition coefficient (Wildman–Crippen LogP) is 2.58. The van der Waals surface area contributed by atoms with E-state index < -0.39 is 11.6 Å². The number of alkyl halides is 1. The van der Waals surface area contributed by atoms with Crippen LogP contribution in [-0.4, -0.2) is 23.4 Å². The van der Waals surface area contributed by atoms with Gasteiger partial charge >= 0.3 is 0 Å². The summed E-state index contributed by atoms with van der Waals surface area (Å²) < 4.78 is 25.8. The summed E-state index contributed by atoms with van der Waals surface area (Å²) in [7, 11) is 0. The van der Waals surface area contributed by atoms with Crippen molar-refractivity contribution >= 4 is 21.7 Å². The van der Waals surface area contributed by atoms with Gasteiger partial charge in [0.2, 0.25) is 0 Å². The lowest BCUT2D eigenvalue weighted by Gasteiger charge is -2.20. The van der Waals surface area contributed by atoms with Gasteiger partial charge in [0.05, 0.1) is 6.20 Å². The molecule has 1 aromatic heterocycles. The minimum Gasteiger partial charge on any atom is -0.354 e. The highest BCUT2D eigenvalue weighted by atomic mass is 79.9. The molecule has 1 heterocycles. The van der Waals surface area contributed by atoms with Crippen LogP contribution in [0.15, 0.2) is 12.3 Å². The van der Waals surface area contributed by atoms with Gasteiger partial charge in [-0.15, -0.1) is 0 Å². The second-order valence-electron chi connectivity index (χ2n) is 2.73. The summed E-state index contributed by atoms with van der Waals surface area (Å²) in [6, 6.07) is 0.846. The molecule has 0 saturated carbocycles. The van der Waals surface area contributed by atoms with E-state index in [0.29, 0.717) is 13.1 Å². The molecule has 78 valence electrons. The van der Waals surface area contributed by atoms with Crippen molar-refractivity contribution in [1.82, 2.24) is 4.98 Å². The maximum atomic E-state index is 13.3. The first-order valence-corrected chi connectivity index (χ1v) is 5.43. The van der Waals surface area contributed by atoms with E-state index in [2.05, 4.69) is 20.9 Å². The topological polar surface area (TPSA) is 16.1 Å². The minimum atomic E-state index is -0.652. The Morgan fingerprint density at radius 2 is 2.21 bits per heavy atom. The van der Waals surface area contributed by atoms with Crippen molar-refractivity contribution in [2.45, 2.75) is 6.92 Å². The normalized spacial score (nSPS) is 10.3. The van der Waals surface area contributed by atoms with Crippen LogP contribution in [0.3, 0.4) is 0 Å². The lowest BCUT2D eigenvalue weighted by Crippen LogP contribution is -2.26. The SMILES string of the molecule is CCN(CCBr)c1ncc(F)cc1F. The first kappa shape index (κ1) is 11.4. The molecule has 0 aliphatic carbocycles. The molecule has 0 atom stereocenters. The van der Waals surface area contributed by atoms with Gasteiger partial charge in [-0.2, -0.15) is 0 Å². The number of nitrogens with zero attached hydrogens (tertiary/aromatic N) is 2. The number of anilines is 1. The molecular formula is C9H11BrF2N2. The largest absolute Gasteiger partial charge is 0.354 e. The van der Waals surface area contributed by atoms with E-state index in [0.717, 1.165) is 17.6 Å². The van der Waals surface area contributed by atoms with E-state index in [4.69, 9.17) is 0 Å². The number of hydrogen-bond acceptors (Lipinski definition) is 2. The van der Waals surface area contributed by atoms with E-state index in [1.807, 2.05) is 6.92 Å². The van der Waals surface area contributed by atoms with Crippen LogP contribution in [0.1, 0.15) is 6.92 Å². The van der Waals surface area contributed by atoms with Gasteiger partial charge in [-0.25, -0.2) is 13.8 Å². The zero-order valence-corrected chi connectivity index (χ0v) is 9.39. The summed E-state index contributed by atoms with van der Waals surface area (Å²) in [4.78, 5) is 5.46. The zero-order valence-electron chi connectivity index (χ0n) is 7.80. The fourth-order valence-corrected chi connectivity index (χ4v) is 1.58. The van der Waals surface area contributed by atoms with Crippen LogP contribution in [0.5, 0.6) is 0 Å². The van der Waals surface area contributed by atoms with Crippen LogP contribution in [-0.2, 0) is 0 Å². The third-order valence-corrected chi connectivity index (χ3v) is 2.18.